The Morgan fingerprint density at radius 2 is 2.03 bits per heavy atom. The predicted molar refractivity (Wildman–Crippen MR) is 134 cm³/mol. The summed E-state index contributed by atoms with van der Waals surface area (Å²) in [6, 6.07) is 12.8. The minimum atomic E-state index is -0.557. The van der Waals surface area contributed by atoms with Crippen LogP contribution < -0.4 is 10.6 Å². The molecule has 0 aliphatic heterocycles. The van der Waals surface area contributed by atoms with E-state index in [0.717, 1.165) is 47.3 Å². The van der Waals surface area contributed by atoms with Gasteiger partial charge in [-0.3, -0.25) is 9.48 Å². The highest BCUT2D eigenvalue weighted by atomic mass is 16.5. The van der Waals surface area contributed by atoms with Crippen LogP contribution in [0.15, 0.2) is 78.5 Å². The number of hydrogen-bond donors (Lipinski definition) is 2. The van der Waals surface area contributed by atoms with Crippen LogP contribution in [0.25, 0.3) is 11.1 Å². The number of anilines is 1. The number of nitriles is 1. The molecule has 1 unspecified atom stereocenters. The van der Waals surface area contributed by atoms with Crippen molar-refractivity contribution in [2.24, 2.45) is 7.05 Å². The molecule has 0 spiro atoms. The van der Waals surface area contributed by atoms with Gasteiger partial charge in [-0.1, -0.05) is 18.2 Å². The molecule has 0 fully saturated rings. The second-order valence-corrected chi connectivity index (χ2v) is 8.33. The highest BCUT2D eigenvalue weighted by Crippen LogP contribution is 2.22. The molecule has 0 saturated heterocycles. The molecule has 1 aliphatic rings. The Balaban J connectivity index is 1.45. The van der Waals surface area contributed by atoms with Gasteiger partial charge in [-0.05, 0) is 54.3 Å². The molecule has 8 heteroatoms. The summed E-state index contributed by atoms with van der Waals surface area (Å²) in [5, 5.41) is 19.5. The van der Waals surface area contributed by atoms with E-state index in [1.807, 2.05) is 37.5 Å². The lowest BCUT2D eigenvalue weighted by atomic mass is 9.98. The van der Waals surface area contributed by atoms with Gasteiger partial charge in [0.25, 0.3) is 0 Å². The van der Waals surface area contributed by atoms with Crippen molar-refractivity contribution < 1.29 is 9.53 Å². The summed E-state index contributed by atoms with van der Waals surface area (Å²) in [4.78, 5) is 17.7. The van der Waals surface area contributed by atoms with Crippen LogP contribution in [0.1, 0.15) is 24.0 Å². The van der Waals surface area contributed by atoms with Crippen molar-refractivity contribution in [1.29, 1.82) is 5.26 Å². The zero-order valence-electron chi connectivity index (χ0n) is 19.9. The summed E-state index contributed by atoms with van der Waals surface area (Å²) in [6.07, 6.45) is 11.8. The van der Waals surface area contributed by atoms with Gasteiger partial charge in [0.2, 0.25) is 5.91 Å². The topological polar surface area (TPSA) is 105 Å². The zero-order valence-corrected chi connectivity index (χ0v) is 19.9. The van der Waals surface area contributed by atoms with Gasteiger partial charge in [0.1, 0.15) is 11.9 Å². The van der Waals surface area contributed by atoms with E-state index in [1.54, 1.807) is 42.4 Å². The maximum atomic E-state index is 13.3. The summed E-state index contributed by atoms with van der Waals surface area (Å²) in [7, 11) is 3.51. The summed E-state index contributed by atoms with van der Waals surface area (Å²) < 4.78 is 7.17. The predicted octanol–water partition coefficient (Wildman–Crippen LogP) is 3.74. The lowest BCUT2D eigenvalue weighted by molar-refractivity contribution is -0.117. The minimum Gasteiger partial charge on any atom is -0.501 e. The van der Waals surface area contributed by atoms with E-state index in [-0.39, 0.29) is 5.91 Å². The third-order valence-corrected chi connectivity index (χ3v) is 5.85. The van der Waals surface area contributed by atoms with Crippen LogP contribution in [0.2, 0.25) is 0 Å². The van der Waals surface area contributed by atoms with Gasteiger partial charge in [-0.25, -0.2) is 4.98 Å². The molecule has 8 nitrogen and oxygen atoms in total. The Morgan fingerprint density at radius 1 is 1.20 bits per heavy atom. The summed E-state index contributed by atoms with van der Waals surface area (Å²) in [5.74, 6) is 1.15. The van der Waals surface area contributed by atoms with Gasteiger partial charge < -0.3 is 15.4 Å². The molecular formula is C27H28N6O2. The highest BCUT2D eigenvalue weighted by Gasteiger charge is 2.24. The number of amides is 1. The average molecular weight is 469 g/mol. The van der Waals surface area contributed by atoms with E-state index in [0.29, 0.717) is 17.9 Å². The molecular weight excluding hydrogens is 440 g/mol. The number of aromatic nitrogens is 3. The second-order valence-electron chi connectivity index (χ2n) is 8.33. The largest absolute Gasteiger partial charge is 0.501 e. The molecule has 1 aliphatic carbocycles. The number of carbonyl (C=O) groups is 1. The Morgan fingerprint density at radius 3 is 2.69 bits per heavy atom. The monoisotopic (exact) mass is 468 g/mol. The third-order valence-electron chi connectivity index (χ3n) is 5.85. The molecule has 2 aromatic heterocycles. The van der Waals surface area contributed by atoms with Crippen LogP contribution in [0.5, 0.6) is 0 Å². The van der Waals surface area contributed by atoms with Crippen LogP contribution in [0.3, 0.4) is 0 Å². The number of methoxy groups -OCH3 is 1. The van der Waals surface area contributed by atoms with Gasteiger partial charge in [-0.2, -0.15) is 10.4 Å². The van der Waals surface area contributed by atoms with E-state index >= 15 is 0 Å². The van der Waals surface area contributed by atoms with E-state index in [1.165, 1.54) is 0 Å². The van der Waals surface area contributed by atoms with Crippen LogP contribution in [-0.2, 0) is 23.0 Å². The molecule has 4 rings (SSSR count). The maximum Gasteiger partial charge on any atom is 0.247 e. The number of benzene rings is 1. The fourth-order valence-corrected chi connectivity index (χ4v) is 3.94. The quantitative estimate of drug-likeness (QED) is 0.496. The standard InChI is InChI=1S/C27H28N6O2/c1-33-18-23(17-31-33)22-10-11-25(30-16-22)32-27(34)26(21-4-3-5-24(14-21)35-2)29-13-12-19-6-8-20(15-28)9-7-19/h4,6-11,14,16-18,26,29H,3,5,12-13H2,1-2H3,(H,30,32,34). The number of nitrogens with zero attached hydrogens (tertiary/aromatic N) is 4. The number of nitrogens with one attached hydrogen (secondary N) is 2. The second kappa shape index (κ2) is 11.3. The number of carbonyl (C=O) groups excluding carboxylic acids is 1. The molecule has 35 heavy (non-hydrogen) atoms. The van der Waals surface area contributed by atoms with Crippen LogP contribution in [0.4, 0.5) is 5.82 Å². The first-order valence-corrected chi connectivity index (χ1v) is 11.5. The number of hydrogen-bond acceptors (Lipinski definition) is 6. The molecule has 1 aromatic carbocycles. The number of pyridine rings is 1. The number of aryl methyl sites for hydroxylation is 1. The van der Waals surface area contributed by atoms with Crippen molar-refractivity contribution >= 4 is 11.7 Å². The summed E-state index contributed by atoms with van der Waals surface area (Å²) in [5.41, 5.74) is 4.48. The van der Waals surface area contributed by atoms with E-state index in [4.69, 9.17) is 10.00 Å². The van der Waals surface area contributed by atoms with Gasteiger partial charge in [0.05, 0.1) is 30.7 Å². The summed E-state index contributed by atoms with van der Waals surface area (Å²) in [6.45, 7) is 0.588. The number of allylic oxidation sites excluding steroid dienone is 2. The lowest BCUT2D eigenvalue weighted by Crippen LogP contribution is -2.43. The molecule has 1 amide bonds. The molecule has 0 radical (unpaired) electrons. The van der Waals surface area contributed by atoms with E-state index in [9.17, 15) is 4.79 Å². The molecule has 0 saturated carbocycles. The first-order chi connectivity index (χ1) is 17.1. The Bertz CT molecular complexity index is 1270. The first-order valence-electron chi connectivity index (χ1n) is 11.5. The SMILES string of the molecule is COC1=CC(C(NCCc2ccc(C#N)cc2)C(=O)Nc2ccc(-c3cnn(C)c3)cn2)=CCC1. The summed E-state index contributed by atoms with van der Waals surface area (Å²) >= 11 is 0. The van der Waals surface area contributed by atoms with Crippen molar-refractivity contribution in [2.45, 2.75) is 25.3 Å². The van der Waals surface area contributed by atoms with E-state index < -0.39 is 6.04 Å². The van der Waals surface area contributed by atoms with Crippen molar-refractivity contribution in [2.75, 3.05) is 19.0 Å². The molecule has 0 bridgehead atoms. The van der Waals surface area contributed by atoms with Gasteiger partial charge in [0.15, 0.2) is 0 Å². The lowest BCUT2D eigenvalue weighted by Gasteiger charge is -2.22. The van der Waals surface area contributed by atoms with Crippen molar-refractivity contribution in [3.63, 3.8) is 0 Å². The van der Waals surface area contributed by atoms with Crippen molar-refractivity contribution in [3.05, 3.63) is 89.6 Å². The molecule has 178 valence electrons. The third kappa shape index (κ3) is 6.22. The zero-order chi connectivity index (χ0) is 24.6. The van der Waals surface area contributed by atoms with Gasteiger partial charge in [0, 0.05) is 43.5 Å². The van der Waals surface area contributed by atoms with Crippen LogP contribution in [-0.4, -0.2) is 40.4 Å². The number of ether oxygens (including phenoxy) is 1. The Hall–Kier alpha value is -4.22. The maximum absolute atomic E-state index is 13.3. The number of rotatable bonds is 9. The highest BCUT2D eigenvalue weighted by molar-refractivity contribution is 5.96. The van der Waals surface area contributed by atoms with Crippen LogP contribution in [0, 0.1) is 11.3 Å². The molecule has 2 N–H and O–H groups in total. The average Bonchev–Trinajstić information content (AvgIpc) is 3.33. The van der Waals surface area contributed by atoms with Gasteiger partial charge >= 0.3 is 0 Å². The van der Waals surface area contributed by atoms with Crippen molar-refractivity contribution in [1.82, 2.24) is 20.1 Å². The Labute approximate surface area is 204 Å². The van der Waals surface area contributed by atoms with Crippen LogP contribution >= 0.6 is 0 Å². The van der Waals surface area contributed by atoms with E-state index in [2.05, 4.69) is 32.9 Å². The van der Waals surface area contributed by atoms with Crippen molar-refractivity contribution in [3.8, 4) is 17.2 Å². The normalized spacial score (nSPS) is 13.9. The first kappa shape index (κ1) is 23.9. The fourth-order valence-electron chi connectivity index (χ4n) is 3.94. The minimum absolute atomic E-state index is 0.189. The molecule has 1 atom stereocenters. The molecule has 3 aromatic rings. The van der Waals surface area contributed by atoms with Gasteiger partial charge in [-0.15, -0.1) is 0 Å². The molecule has 2 heterocycles. The Kier molecular flexibility index (Phi) is 7.70. The fraction of sp³-hybridized carbons (Fsp3) is 0.259. The smallest absolute Gasteiger partial charge is 0.247 e.